The van der Waals surface area contributed by atoms with Gasteiger partial charge in [0.25, 0.3) is 0 Å². The Kier molecular flexibility index (Phi) is 10.4. The van der Waals surface area contributed by atoms with E-state index in [1.54, 1.807) is 6.20 Å². The Morgan fingerprint density at radius 1 is 0.972 bits per heavy atom. The molecule has 2 aromatic rings. The van der Waals surface area contributed by atoms with Crippen molar-refractivity contribution >= 4 is 34.6 Å². The monoisotopic (exact) mass is 505 g/mol. The maximum Gasteiger partial charge on any atom is 0.328 e. The second kappa shape index (κ2) is 13.0. The summed E-state index contributed by atoms with van der Waals surface area (Å²) in [7, 11) is 0. The van der Waals surface area contributed by atoms with Crippen molar-refractivity contribution in [1.29, 1.82) is 0 Å². The molecule has 198 valence electrons. The summed E-state index contributed by atoms with van der Waals surface area (Å²) in [6.07, 6.45) is 0.576. The Bertz CT molecular complexity index is 1070. The molecule has 0 aliphatic carbocycles. The quantitative estimate of drug-likeness (QED) is 0.169. The number of H-pyrrole nitrogens is 1. The number of aliphatic hydroxyl groups excluding tert-OH is 2. The molecular weight excluding hydrogens is 470 g/mol. The molecule has 1 aromatic heterocycles. The molecule has 0 aliphatic heterocycles. The number of carbonyl (C=O) groups excluding carboxylic acids is 3. The zero-order chi connectivity index (χ0) is 27.0. The summed E-state index contributed by atoms with van der Waals surface area (Å²) in [4.78, 5) is 53.1. The van der Waals surface area contributed by atoms with E-state index in [0.717, 1.165) is 16.5 Å². The smallest absolute Gasteiger partial charge is 0.328 e. The maximum absolute atomic E-state index is 13.3. The predicted molar refractivity (Wildman–Crippen MR) is 132 cm³/mol. The van der Waals surface area contributed by atoms with Crippen LogP contribution in [-0.4, -0.2) is 80.9 Å². The first-order valence-corrected chi connectivity index (χ1v) is 11.7. The summed E-state index contributed by atoms with van der Waals surface area (Å²) < 4.78 is 0. The van der Waals surface area contributed by atoms with E-state index in [1.807, 2.05) is 38.1 Å². The zero-order valence-corrected chi connectivity index (χ0v) is 20.5. The van der Waals surface area contributed by atoms with Crippen LogP contribution in [0, 0.1) is 5.92 Å². The molecule has 3 amide bonds. The lowest BCUT2D eigenvalue weighted by Gasteiger charge is -2.26. The second-order valence-corrected chi connectivity index (χ2v) is 9.17. The molecule has 0 saturated carbocycles. The molecule has 12 heteroatoms. The van der Waals surface area contributed by atoms with Gasteiger partial charge in [0.2, 0.25) is 17.7 Å². The van der Waals surface area contributed by atoms with Crippen LogP contribution in [0.25, 0.3) is 10.9 Å². The Morgan fingerprint density at radius 3 is 2.17 bits per heavy atom. The average Bonchev–Trinajstić information content (AvgIpc) is 3.22. The minimum atomic E-state index is -1.56. The van der Waals surface area contributed by atoms with Gasteiger partial charge >= 0.3 is 5.97 Å². The summed E-state index contributed by atoms with van der Waals surface area (Å²) in [5, 5.41) is 36.4. The predicted octanol–water partition coefficient (Wildman–Crippen LogP) is -1.00. The van der Waals surface area contributed by atoms with Crippen molar-refractivity contribution < 1.29 is 34.5 Å². The van der Waals surface area contributed by atoms with Gasteiger partial charge in [0.15, 0.2) is 6.04 Å². The van der Waals surface area contributed by atoms with Gasteiger partial charge in [-0.05, 0) is 30.9 Å². The number of aromatic nitrogens is 1. The molecule has 36 heavy (non-hydrogen) atoms. The van der Waals surface area contributed by atoms with E-state index in [9.17, 15) is 34.5 Å². The van der Waals surface area contributed by atoms with Crippen molar-refractivity contribution in [2.24, 2.45) is 11.7 Å². The highest BCUT2D eigenvalue weighted by Crippen LogP contribution is 2.19. The molecule has 9 N–H and O–H groups in total. The van der Waals surface area contributed by atoms with Crippen molar-refractivity contribution in [3.63, 3.8) is 0 Å². The Balaban J connectivity index is 2.29. The number of carboxylic acids is 1. The molecule has 12 nitrogen and oxygen atoms in total. The molecule has 0 fully saturated rings. The number of benzene rings is 1. The molecule has 0 aliphatic rings. The number of carbonyl (C=O) groups is 4. The lowest BCUT2D eigenvalue weighted by atomic mass is 10.00. The van der Waals surface area contributed by atoms with Gasteiger partial charge in [0, 0.05) is 23.5 Å². The van der Waals surface area contributed by atoms with Crippen molar-refractivity contribution in [3.05, 3.63) is 36.0 Å². The highest BCUT2D eigenvalue weighted by Gasteiger charge is 2.32. The van der Waals surface area contributed by atoms with Crippen LogP contribution in [0.4, 0.5) is 0 Å². The third kappa shape index (κ3) is 7.77. The summed E-state index contributed by atoms with van der Waals surface area (Å²) in [5.74, 6) is -3.70. The molecular formula is C24H35N5O7. The van der Waals surface area contributed by atoms with Gasteiger partial charge < -0.3 is 42.0 Å². The van der Waals surface area contributed by atoms with Gasteiger partial charge in [-0.1, -0.05) is 32.0 Å². The third-order valence-electron chi connectivity index (χ3n) is 5.65. The number of hydrogen-bond acceptors (Lipinski definition) is 7. The normalized spacial score (nSPS) is 15.5. The molecule has 0 saturated heterocycles. The first kappa shape index (κ1) is 28.8. The SMILES string of the molecule is CC(C)CC(NC(=O)C(Cc1c[nH]c2ccccc12)NC(=O)C(N)CO)C(=O)NC(C(=O)O)C(C)O. The van der Waals surface area contributed by atoms with Crippen LogP contribution in [0.5, 0.6) is 0 Å². The molecule has 0 spiro atoms. The van der Waals surface area contributed by atoms with Gasteiger partial charge in [-0.25, -0.2) is 4.79 Å². The van der Waals surface area contributed by atoms with Crippen LogP contribution < -0.4 is 21.7 Å². The molecule has 5 unspecified atom stereocenters. The number of nitrogens with two attached hydrogens (primary N) is 1. The molecule has 5 atom stereocenters. The van der Waals surface area contributed by atoms with E-state index >= 15 is 0 Å². The topological polar surface area (TPSA) is 207 Å². The number of amides is 3. The summed E-state index contributed by atoms with van der Waals surface area (Å²) >= 11 is 0. The van der Waals surface area contributed by atoms with E-state index in [4.69, 9.17) is 5.73 Å². The van der Waals surface area contributed by atoms with Crippen LogP contribution in [0.15, 0.2) is 30.5 Å². The lowest BCUT2D eigenvalue weighted by molar-refractivity contribution is -0.145. The largest absolute Gasteiger partial charge is 0.480 e. The number of aliphatic hydroxyl groups is 2. The first-order valence-electron chi connectivity index (χ1n) is 11.7. The van der Waals surface area contributed by atoms with E-state index in [-0.39, 0.29) is 18.8 Å². The van der Waals surface area contributed by atoms with Gasteiger partial charge in [-0.15, -0.1) is 0 Å². The number of carboxylic acid groups (broad SMARTS) is 1. The maximum atomic E-state index is 13.3. The number of hydrogen-bond donors (Lipinski definition) is 8. The van der Waals surface area contributed by atoms with Gasteiger partial charge in [0.05, 0.1) is 12.7 Å². The van der Waals surface area contributed by atoms with E-state index < -0.39 is 60.6 Å². The summed E-state index contributed by atoms with van der Waals surface area (Å²) in [5.41, 5.74) is 7.18. The Hall–Kier alpha value is -3.48. The highest BCUT2D eigenvalue weighted by atomic mass is 16.4. The fourth-order valence-electron chi connectivity index (χ4n) is 3.71. The standard InChI is InChI=1S/C24H35N5O7/c1-12(2)8-18(23(34)29-20(13(3)31)24(35)36)28-22(33)19(27-21(32)16(25)11-30)9-14-10-26-17-7-5-4-6-15(14)17/h4-7,10,12-13,16,18-20,26,30-31H,8-9,11,25H2,1-3H3,(H,27,32)(H,28,33)(H,29,34)(H,35,36). The minimum absolute atomic E-state index is 0.0552. The fraction of sp³-hybridized carbons (Fsp3) is 0.500. The average molecular weight is 506 g/mol. The first-order chi connectivity index (χ1) is 16.9. The lowest BCUT2D eigenvalue weighted by Crippen LogP contribution is -2.59. The van der Waals surface area contributed by atoms with E-state index in [2.05, 4.69) is 20.9 Å². The Labute approximate surface area is 208 Å². The van der Waals surface area contributed by atoms with Crippen molar-refractivity contribution in [2.45, 2.75) is 63.9 Å². The van der Waals surface area contributed by atoms with Gasteiger partial charge in [0.1, 0.15) is 18.1 Å². The zero-order valence-electron chi connectivity index (χ0n) is 20.5. The number of nitrogens with one attached hydrogen (secondary N) is 4. The van der Waals surface area contributed by atoms with Crippen LogP contribution in [0.1, 0.15) is 32.8 Å². The summed E-state index contributed by atoms with van der Waals surface area (Å²) in [6.45, 7) is 4.25. The number of aliphatic carboxylic acids is 1. The van der Waals surface area contributed by atoms with Crippen LogP contribution in [0.2, 0.25) is 0 Å². The van der Waals surface area contributed by atoms with Gasteiger partial charge in [-0.3, -0.25) is 14.4 Å². The van der Waals surface area contributed by atoms with Crippen molar-refractivity contribution in [1.82, 2.24) is 20.9 Å². The summed E-state index contributed by atoms with van der Waals surface area (Å²) in [6, 6.07) is 2.30. The number of aromatic amines is 1. The molecule has 1 heterocycles. The fourth-order valence-corrected chi connectivity index (χ4v) is 3.71. The number of para-hydroxylation sites is 1. The number of fused-ring (bicyclic) bond motifs is 1. The minimum Gasteiger partial charge on any atom is -0.480 e. The third-order valence-corrected chi connectivity index (χ3v) is 5.65. The van der Waals surface area contributed by atoms with Crippen LogP contribution in [-0.2, 0) is 25.6 Å². The Morgan fingerprint density at radius 2 is 1.58 bits per heavy atom. The van der Waals surface area contributed by atoms with E-state index in [0.29, 0.717) is 0 Å². The van der Waals surface area contributed by atoms with Crippen molar-refractivity contribution in [2.75, 3.05) is 6.61 Å². The van der Waals surface area contributed by atoms with Crippen LogP contribution >= 0.6 is 0 Å². The molecule has 1 aromatic carbocycles. The number of rotatable bonds is 13. The van der Waals surface area contributed by atoms with Crippen LogP contribution in [0.3, 0.4) is 0 Å². The van der Waals surface area contributed by atoms with Crippen molar-refractivity contribution in [3.8, 4) is 0 Å². The molecule has 0 bridgehead atoms. The second-order valence-electron chi connectivity index (χ2n) is 9.17. The molecule has 2 rings (SSSR count). The molecule has 0 radical (unpaired) electrons. The van der Waals surface area contributed by atoms with E-state index in [1.165, 1.54) is 6.92 Å². The highest BCUT2D eigenvalue weighted by molar-refractivity contribution is 5.95. The van der Waals surface area contributed by atoms with Gasteiger partial charge in [-0.2, -0.15) is 0 Å².